The Balaban J connectivity index is 1.91. The average molecular weight is 383 g/mol. The topological polar surface area (TPSA) is 58.1 Å². The molecule has 1 aliphatic heterocycles. The van der Waals surface area contributed by atoms with E-state index in [1.54, 1.807) is 14.2 Å². The zero-order chi connectivity index (χ0) is 18.8. The SMILES string of the molecule is CCNC(=NCc1ccc(Cl)cc1OC)NC1CCN(CCOC)CC1. The number of piperidine rings is 1. The molecule has 26 heavy (non-hydrogen) atoms. The number of nitrogens with zero attached hydrogens (tertiary/aromatic N) is 2. The van der Waals surface area contributed by atoms with E-state index in [-0.39, 0.29) is 0 Å². The molecule has 1 aromatic rings. The van der Waals surface area contributed by atoms with Crippen LogP contribution in [-0.4, -0.2) is 63.9 Å². The van der Waals surface area contributed by atoms with E-state index in [9.17, 15) is 0 Å². The molecule has 2 rings (SSSR count). The summed E-state index contributed by atoms with van der Waals surface area (Å²) in [7, 11) is 3.41. The van der Waals surface area contributed by atoms with E-state index < -0.39 is 0 Å². The Morgan fingerprint density at radius 1 is 1.31 bits per heavy atom. The lowest BCUT2D eigenvalue weighted by atomic mass is 10.1. The van der Waals surface area contributed by atoms with E-state index in [0.717, 1.165) is 62.9 Å². The monoisotopic (exact) mass is 382 g/mol. The van der Waals surface area contributed by atoms with E-state index in [1.807, 2.05) is 18.2 Å². The zero-order valence-corrected chi connectivity index (χ0v) is 16.8. The number of methoxy groups -OCH3 is 2. The summed E-state index contributed by atoms with van der Waals surface area (Å²) in [6.07, 6.45) is 2.22. The van der Waals surface area contributed by atoms with Crippen molar-refractivity contribution in [1.29, 1.82) is 0 Å². The second-order valence-corrected chi connectivity index (χ2v) is 6.84. The largest absolute Gasteiger partial charge is 0.496 e. The van der Waals surface area contributed by atoms with Crippen molar-refractivity contribution in [2.24, 2.45) is 4.99 Å². The summed E-state index contributed by atoms with van der Waals surface area (Å²) < 4.78 is 10.6. The number of nitrogens with one attached hydrogen (secondary N) is 2. The van der Waals surface area contributed by atoms with E-state index in [1.165, 1.54) is 0 Å². The highest BCUT2D eigenvalue weighted by Gasteiger charge is 2.19. The van der Waals surface area contributed by atoms with Crippen LogP contribution in [0.5, 0.6) is 5.75 Å². The van der Waals surface area contributed by atoms with Gasteiger partial charge in [-0.3, -0.25) is 0 Å². The van der Waals surface area contributed by atoms with Crippen LogP contribution in [0.4, 0.5) is 0 Å². The second kappa shape index (κ2) is 11.3. The minimum Gasteiger partial charge on any atom is -0.496 e. The van der Waals surface area contributed by atoms with E-state index in [0.29, 0.717) is 17.6 Å². The first-order valence-corrected chi connectivity index (χ1v) is 9.62. The van der Waals surface area contributed by atoms with Crippen LogP contribution in [0.15, 0.2) is 23.2 Å². The molecule has 6 nitrogen and oxygen atoms in total. The number of rotatable bonds is 8. The highest BCUT2D eigenvalue weighted by Crippen LogP contribution is 2.23. The molecule has 1 heterocycles. The molecule has 7 heteroatoms. The van der Waals surface area contributed by atoms with Gasteiger partial charge >= 0.3 is 0 Å². The van der Waals surface area contributed by atoms with Gasteiger partial charge < -0.3 is 25.0 Å². The minimum atomic E-state index is 0.443. The van der Waals surface area contributed by atoms with Crippen LogP contribution in [-0.2, 0) is 11.3 Å². The highest BCUT2D eigenvalue weighted by atomic mass is 35.5. The molecule has 146 valence electrons. The lowest BCUT2D eigenvalue weighted by molar-refractivity contribution is 0.128. The van der Waals surface area contributed by atoms with Crippen molar-refractivity contribution >= 4 is 17.6 Å². The molecule has 2 N–H and O–H groups in total. The van der Waals surface area contributed by atoms with Crippen LogP contribution in [0.1, 0.15) is 25.3 Å². The molecule has 0 radical (unpaired) electrons. The first kappa shape index (κ1) is 20.8. The van der Waals surface area contributed by atoms with Gasteiger partial charge in [-0.05, 0) is 31.9 Å². The number of ether oxygens (including phenoxy) is 2. The number of hydrogen-bond donors (Lipinski definition) is 2. The predicted molar refractivity (Wildman–Crippen MR) is 107 cm³/mol. The molecule has 0 aromatic heterocycles. The lowest BCUT2D eigenvalue weighted by Crippen LogP contribution is -2.49. The average Bonchev–Trinajstić information content (AvgIpc) is 2.66. The summed E-state index contributed by atoms with van der Waals surface area (Å²) in [5.41, 5.74) is 1.02. The van der Waals surface area contributed by atoms with Crippen molar-refractivity contribution in [2.45, 2.75) is 32.4 Å². The van der Waals surface area contributed by atoms with Crippen LogP contribution < -0.4 is 15.4 Å². The van der Waals surface area contributed by atoms with E-state index in [4.69, 9.17) is 26.1 Å². The van der Waals surface area contributed by atoms with Gasteiger partial charge in [0.25, 0.3) is 0 Å². The molecule has 0 unspecified atom stereocenters. The lowest BCUT2D eigenvalue weighted by Gasteiger charge is -2.32. The number of aliphatic imine (C=N–C) groups is 1. The summed E-state index contributed by atoms with van der Waals surface area (Å²) in [4.78, 5) is 7.17. The number of guanidine groups is 1. The van der Waals surface area contributed by atoms with Gasteiger partial charge in [0.15, 0.2) is 5.96 Å². The molecule has 0 saturated carbocycles. The van der Waals surface area contributed by atoms with Gasteiger partial charge in [-0.1, -0.05) is 17.7 Å². The number of likely N-dealkylation sites (tertiary alicyclic amines) is 1. The quantitative estimate of drug-likeness (QED) is 0.534. The maximum atomic E-state index is 6.03. The Morgan fingerprint density at radius 2 is 2.08 bits per heavy atom. The number of benzene rings is 1. The van der Waals surface area contributed by atoms with Crippen molar-refractivity contribution in [3.8, 4) is 5.75 Å². The summed E-state index contributed by atoms with van der Waals surface area (Å²) in [5, 5.41) is 7.57. The van der Waals surface area contributed by atoms with Gasteiger partial charge in [-0.2, -0.15) is 0 Å². The Kier molecular flexibility index (Phi) is 9.01. The molecular weight excluding hydrogens is 352 g/mol. The first-order valence-electron chi connectivity index (χ1n) is 9.24. The molecule has 0 spiro atoms. The molecule has 0 amide bonds. The molecule has 0 bridgehead atoms. The van der Waals surface area contributed by atoms with Crippen LogP contribution >= 0.6 is 11.6 Å². The summed E-state index contributed by atoms with van der Waals surface area (Å²) in [6.45, 7) is 7.43. The standard InChI is InChI=1S/C19H31ClN4O2/c1-4-21-19(22-14-15-5-6-16(20)13-18(15)26-3)23-17-7-9-24(10-8-17)11-12-25-2/h5-6,13,17H,4,7-12,14H2,1-3H3,(H2,21,22,23). The van der Waals surface area contributed by atoms with Crippen molar-refractivity contribution < 1.29 is 9.47 Å². The van der Waals surface area contributed by atoms with Crippen LogP contribution in [0.2, 0.25) is 5.02 Å². The predicted octanol–water partition coefficient (Wildman–Crippen LogP) is 2.51. The molecule has 1 fully saturated rings. The molecule has 1 aromatic carbocycles. The van der Waals surface area contributed by atoms with E-state index >= 15 is 0 Å². The van der Waals surface area contributed by atoms with Gasteiger partial charge in [0.2, 0.25) is 0 Å². The zero-order valence-electron chi connectivity index (χ0n) is 16.1. The summed E-state index contributed by atoms with van der Waals surface area (Å²) in [6, 6.07) is 6.09. The summed E-state index contributed by atoms with van der Waals surface area (Å²) in [5.74, 6) is 1.61. The number of hydrogen-bond acceptors (Lipinski definition) is 4. The third-order valence-electron chi connectivity index (χ3n) is 4.54. The van der Waals surface area contributed by atoms with Crippen LogP contribution in [0.3, 0.4) is 0 Å². The van der Waals surface area contributed by atoms with Gasteiger partial charge in [-0.15, -0.1) is 0 Å². The van der Waals surface area contributed by atoms with Gasteiger partial charge in [-0.25, -0.2) is 4.99 Å². The molecule has 1 aliphatic rings. The van der Waals surface area contributed by atoms with Gasteiger partial charge in [0, 0.05) is 49.9 Å². The fourth-order valence-corrected chi connectivity index (χ4v) is 3.21. The maximum Gasteiger partial charge on any atom is 0.191 e. The summed E-state index contributed by atoms with van der Waals surface area (Å²) >= 11 is 6.03. The minimum absolute atomic E-state index is 0.443. The highest BCUT2D eigenvalue weighted by molar-refractivity contribution is 6.30. The van der Waals surface area contributed by atoms with Crippen LogP contribution in [0, 0.1) is 0 Å². The molecule has 0 atom stereocenters. The first-order chi connectivity index (χ1) is 12.7. The molecule has 1 saturated heterocycles. The van der Waals surface area contributed by atoms with Crippen molar-refractivity contribution in [3.63, 3.8) is 0 Å². The maximum absolute atomic E-state index is 6.03. The molecule has 0 aliphatic carbocycles. The van der Waals surface area contributed by atoms with Crippen molar-refractivity contribution in [3.05, 3.63) is 28.8 Å². The number of halogens is 1. The third-order valence-corrected chi connectivity index (χ3v) is 4.78. The van der Waals surface area contributed by atoms with Crippen molar-refractivity contribution in [2.75, 3.05) is 47.0 Å². The second-order valence-electron chi connectivity index (χ2n) is 6.40. The Morgan fingerprint density at radius 3 is 2.73 bits per heavy atom. The van der Waals surface area contributed by atoms with Crippen LogP contribution in [0.25, 0.3) is 0 Å². The fraction of sp³-hybridized carbons (Fsp3) is 0.632. The van der Waals surface area contributed by atoms with E-state index in [2.05, 4.69) is 22.5 Å². The molecular formula is C19H31ClN4O2. The Bertz CT molecular complexity index is 575. The van der Waals surface area contributed by atoms with Gasteiger partial charge in [0.05, 0.1) is 20.3 Å². The van der Waals surface area contributed by atoms with Crippen molar-refractivity contribution in [1.82, 2.24) is 15.5 Å². The van der Waals surface area contributed by atoms with Gasteiger partial charge in [0.1, 0.15) is 5.75 Å². The normalized spacial score (nSPS) is 16.5. The third kappa shape index (κ3) is 6.67. The Labute approximate surface area is 161 Å². The smallest absolute Gasteiger partial charge is 0.191 e. The fourth-order valence-electron chi connectivity index (χ4n) is 3.05. The Hall–Kier alpha value is -1.50.